The zero-order chi connectivity index (χ0) is 32.0. The highest BCUT2D eigenvalue weighted by Gasteiger charge is 2.64. The maximum absolute atomic E-state index is 12.6. The molecule has 5 atom stereocenters. The molecule has 1 N–H and O–H groups in total. The van der Waals surface area contributed by atoms with Crippen molar-refractivity contribution >= 4 is 17.1 Å². The number of imidazole rings is 1. The number of benzene rings is 3. The lowest BCUT2D eigenvalue weighted by atomic mass is 9.80. The van der Waals surface area contributed by atoms with Gasteiger partial charge in [0.1, 0.15) is 30.1 Å². The molecule has 2 aromatic heterocycles. The fourth-order valence-corrected chi connectivity index (χ4v) is 7.08. The molecule has 0 saturated carbocycles. The third-order valence-electron chi connectivity index (χ3n) is 9.21. The molecule has 240 valence electrons. The molecule has 0 spiro atoms. The average Bonchev–Trinajstić information content (AvgIpc) is 3.82. The topological polar surface area (TPSA) is 130 Å². The number of hydrogen-bond acceptors (Lipinski definition) is 10. The zero-order valence-electron chi connectivity index (χ0n) is 25.6. The molecule has 5 aromatic rings. The van der Waals surface area contributed by atoms with E-state index in [1.54, 1.807) is 4.57 Å². The second-order valence-corrected chi connectivity index (χ2v) is 12.0. The first-order chi connectivity index (χ1) is 23.0. The lowest BCUT2D eigenvalue weighted by Gasteiger charge is -2.46. The number of aromatic amines is 1. The fraction of sp³-hybridized carbons (Fsp3) is 0.314. The Morgan fingerprint density at radius 2 is 1.49 bits per heavy atom. The molecule has 0 bridgehead atoms. The molecule has 3 saturated heterocycles. The third-order valence-corrected chi connectivity index (χ3v) is 9.21. The van der Waals surface area contributed by atoms with E-state index in [1.165, 1.54) is 19.6 Å². The van der Waals surface area contributed by atoms with E-state index >= 15 is 0 Å². The second-order valence-electron chi connectivity index (χ2n) is 12.0. The quantitative estimate of drug-likeness (QED) is 0.190. The molecule has 8 rings (SSSR count). The summed E-state index contributed by atoms with van der Waals surface area (Å²) in [6.45, 7) is 2.08. The lowest BCUT2D eigenvalue weighted by Crippen LogP contribution is -2.62. The number of fused-ring (bicyclic) bond motifs is 1. The number of esters is 1. The van der Waals surface area contributed by atoms with Crippen molar-refractivity contribution in [1.29, 1.82) is 0 Å². The summed E-state index contributed by atoms with van der Waals surface area (Å²) < 4.78 is 34.1. The SMILES string of the molecule is CC(=O)OC[C@]12CO[C@@H]3[C@@H](COC(c4ccccc4)(c4ccccc4)c4ccccc4)O[C@@H](n4cnc5c(=O)[nH]cnc54)[C@H](OC1)N32. The monoisotopic (exact) mass is 635 g/mol. The third kappa shape index (κ3) is 4.88. The Morgan fingerprint density at radius 1 is 0.894 bits per heavy atom. The van der Waals surface area contributed by atoms with E-state index in [0.717, 1.165) is 16.7 Å². The number of morpholine rings is 1. The summed E-state index contributed by atoms with van der Waals surface area (Å²) >= 11 is 0. The Hall–Kier alpha value is -4.72. The molecule has 3 aromatic carbocycles. The number of ether oxygens (including phenoxy) is 5. The van der Waals surface area contributed by atoms with Crippen molar-refractivity contribution in [2.75, 3.05) is 26.4 Å². The van der Waals surface area contributed by atoms with E-state index < -0.39 is 41.9 Å². The number of nitrogens with zero attached hydrogens (tertiary/aromatic N) is 4. The van der Waals surface area contributed by atoms with E-state index in [4.69, 9.17) is 23.7 Å². The van der Waals surface area contributed by atoms with Crippen LogP contribution in [0.25, 0.3) is 11.2 Å². The summed E-state index contributed by atoms with van der Waals surface area (Å²) in [6.07, 6.45) is 0.217. The Labute approximate surface area is 269 Å². The molecular weight excluding hydrogens is 602 g/mol. The van der Waals surface area contributed by atoms with E-state index in [9.17, 15) is 9.59 Å². The van der Waals surface area contributed by atoms with Crippen molar-refractivity contribution in [2.24, 2.45) is 0 Å². The average molecular weight is 636 g/mol. The number of hydrogen-bond donors (Lipinski definition) is 1. The molecule has 0 unspecified atom stereocenters. The van der Waals surface area contributed by atoms with Gasteiger partial charge in [0, 0.05) is 6.92 Å². The molecule has 3 aliphatic heterocycles. The van der Waals surface area contributed by atoms with Crippen molar-refractivity contribution in [3.63, 3.8) is 0 Å². The van der Waals surface area contributed by atoms with Gasteiger partial charge in [-0.15, -0.1) is 0 Å². The Bertz CT molecular complexity index is 1840. The second kappa shape index (κ2) is 11.8. The number of nitrogens with one attached hydrogen (secondary N) is 1. The molecule has 5 heterocycles. The highest BCUT2D eigenvalue weighted by atomic mass is 16.6. The van der Waals surface area contributed by atoms with Gasteiger partial charge in [0.25, 0.3) is 5.56 Å². The number of carbonyl (C=O) groups excluding carboxylic acids is 1. The summed E-state index contributed by atoms with van der Waals surface area (Å²) in [6, 6.07) is 30.3. The summed E-state index contributed by atoms with van der Waals surface area (Å²) in [5.41, 5.74) is 1.30. The largest absolute Gasteiger partial charge is 0.464 e. The van der Waals surface area contributed by atoms with Crippen LogP contribution in [-0.2, 0) is 34.1 Å². The van der Waals surface area contributed by atoms with Gasteiger partial charge < -0.3 is 28.7 Å². The summed E-state index contributed by atoms with van der Waals surface area (Å²) in [7, 11) is 0. The van der Waals surface area contributed by atoms with Crippen molar-refractivity contribution in [3.05, 3.63) is 131 Å². The Kier molecular flexibility index (Phi) is 7.46. The minimum Gasteiger partial charge on any atom is -0.464 e. The predicted molar refractivity (Wildman–Crippen MR) is 168 cm³/mol. The summed E-state index contributed by atoms with van der Waals surface area (Å²) in [5, 5.41) is 0. The molecule has 3 aliphatic rings. The number of carbonyl (C=O) groups is 1. The van der Waals surface area contributed by atoms with Gasteiger partial charge in [0.2, 0.25) is 0 Å². The van der Waals surface area contributed by atoms with Gasteiger partial charge in [0.15, 0.2) is 23.6 Å². The molecule has 3 fully saturated rings. The standard InChI is InChI=1S/C35H33N5O7/c1-23(41)43-18-34-19-44-31-27(47-32(33(40(31)34)45-20-34)39-22-38-28-29(39)36-21-37-30(28)42)17-46-35(24-11-5-2-6-12-24,25-13-7-3-8-14-25)26-15-9-4-10-16-26/h2-16,21-22,27,31-33H,17-20H2,1H3,(H,36,37,42)/t27-,31-,32-,33+,34+/m1/s1. The van der Waals surface area contributed by atoms with E-state index in [-0.39, 0.29) is 37.5 Å². The van der Waals surface area contributed by atoms with Crippen LogP contribution in [0, 0.1) is 0 Å². The predicted octanol–water partition coefficient (Wildman–Crippen LogP) is 3.34. The van der Waals surface area contributed by atoms with Crippen LogP contribution < -0.4 is 5.56 Å². The molecule has 47 heavy (non-hydrogen) atoms. The van der Waals surface area contributed by atoms with Crippen LogP contribution in [-0.4, -0.2) is 80.9 Å². The van der Waals surface area contributed by atoms with Gasteiger partial charge in [0.05, 0.1) is 32.5 Å². The van der Waals surface area contributed by atoms with Gasteiger partial charge in [-0.05, 0) is 16.7 Å². The van der Waals surface area contributed by atoms with E-state index in [2.05, 4.69) is 56.3 Å². The van der Waals surface area contributed by atoms with Crippen LogP contribution >= 0.6 is 0 Å². The molecule has 0 radical (unpaired) electrons. The first-order valence-corrected chi connectivity index (χ1v) is 15.5. The smallest absolute Gasteiger partial charge is 0.302 e. The first-order valence-electron chi connectivity index (χ1n) is 15.5. The molecule has 12 nitrogen and oxygen atoms in total. The number of aromatic nitrogens is 4. The molecule has 12 heteroatoms. The van der Waals surface area contributed by atoms with Crippen LogP contribution in [0.2, 0.25) is 0 Å². The highest BCUT2D eigenvalue weighted by molar-refractivity contribution is 5.69. The van der Waals surface area contributed by atoms with E-state index in [1.807, 2.05) is 54.6 Å². The number of H-pyrrole nitrogens is 1. The maximum atomic E-state index is 12.6. The van der Waals surface area contributed by atoms with Crippen molar-refractivity contribution < 1.29 is 28.5 Å². The zero-order valence-corrected chi connectivity index (χ0v) is 25.6. The Balaban J connectivity index is 1.22. The molecule has 0 aliphatic carbocycles. The highest BCUT2D eigenvalue weighted by Crippen LogP contribution is 2.48. The Morgan fingerprint density at radius 3 is 2.09 bits per heavy atom. The van der Waals surface area contributed by atoms with Gasteiger partial charge >= 0.3 is 5.97 Å². The van der Waals surface area contributed by atoms with Crippen LogP contribution in [0.4, 0.5) is 0 Å². The van der Waals surface area contributed by atoms with E-state index in [0.29, 0.717) is 5.65 Å². The minimum absolute atomic E-state index is 0.0835. The van der Waals surface area contributed by atoms with Crippen LogP contribution in [0.3, 0.4) is 0 Å². The van der Waals surface area contributed by atoms with Crippen LogP contribution in [0.5, 0.6) is 0 Å². The summed E-state index contributed by atoms with van der Waals surface area (Å²) in [5.74, 6) is -0.390. The lowest BCUT2D eigenvalue weighted by molar-refractivity contribution is -0.273. The first kappa shape index (κ1) is 29.7. The van der Waals surface area contributed by atoms with Crippen molar-refractivity contribution in [1.82, 2.24) is 24.4 Å². The van der Waals surface area contributed by atoms with Gasteiger partial charge in [-0.2, -0.15) is 0 Å². The normalized spacial score (nSPS) is 25.6. The number of rotatable bonds is 9. The van der Waals surface area contributed by atoms with Crippen molar-refractivity contribution in [3.8, 4) is 0 Å². The molecular formula is C35H33N5O7. The van der Waals surface area contributed by atoms with Gasteiger partial charge in [-0.25, -0.2) is 14.9 Å². The fourth-order valence-electron chi connectivity index (χ4n) is 7.08. The molecule has 0 amide bonds. The van der Waals surface area contributed by atoms with Gasteiger partial charge in [-0.3, -0.25) is 14.2 Å². The maximum Gasteiger partial charge on any atom is 0.302 e. The minimum atomic E-state index is -0.995. The van der Waals surface area contributed by atoms with Crippen LogP contribution in [0.1, 0.15) is 29.8 Å². The summed E-state index contributed by atoms with van der Waals surface area (Å²) in [4.78, 5) is 37.9. The van der Waals surface area contributed by atoms with Crippen LogP contribution in [0.15, 0.2) is 108 Å². The van der Waals surface area contributed by atoms with Gasteiger partial charge in [-0.1, -0.05) is 91.0 Å². The van der Waals surface area contributed by atoms with Crippen molar-refractivity contribution in [2.45, 2.75) is 42.9 Å².